The summed E-state index contributed by atoms with van der Waals surface area (Å²) in [6, 6.07) is 20.0. The number of nitrogens with zero attached hydrogens (tertiary/aromatic N) is 1. The highest BCUT2D eigenvalue weighted by Crippen LogP contribution is 2.37. The molecule has 1 N–H and O–H groups in total. The summed E-state index contributed by atoms with van der Waals surface area (Å²) >= 11 is 0. The fourth-order valence-corrected chi connectivity index (χ4v) is 3.90. The summed E-state index contributed by atoms with van der Waals surface area (Å²) in [4.78, 5) is 28.5. The first-order valence-corrected chi connectivity index (χ1v) is 10.7. The zero-order chi connectivity index (χ0) is 24.2. The molecule has 1 aliphatic rings. The van der Waals surface area contributed by atoms with Crippen LogP contribution in [0.4, 0.5) is 5.69 Å². The van der Waals surface area contributed by atoms with Crippen molar-refractivity contribution < 1.29 is 23.8 Å². The molecule has 34 heavy (non-hydrogen) atoms. The zero-order valence-electron chi connectivity index (χ0n) is 19.5. The number of ether oxygens (including phenoxy) is 3. The van der Waals surface area contributed by atoms with E-state index in [0.717, 1.165) is 11.1 Å². The highest BCUT2D eigenvalue weighted by atomic mass is 16.5. The van der Waals surface area contributed by atoms with Crippen LogP contribution in [0.2, 0.25) is 0 Å². The molecule has 7 heteroatoms. The molecule has 0 aromatic heterocycles. The van der Waals surface area contributed by atoms with E-state index >= 15 is 0 Å². The third-order valence-electron chi connectivity index (χ3n) is 5.66. The van der Waals surface area contributed by atoms with Crippen LogP contribution in [0.1, 0.15) is 16.7 Å². The molecule has 0 bridgehead atoms. The molecule has 0 saturated carbocycles. The van der Waals surface area contributed by atoms with Gasteiger partial charge in [0.05, 0.1) is 39.1 Å². The van der Waals surface area contributed by atoms with Gasteiger partial charge in [0, 0.05) is 5.56 Å². The van der Waals surface area contributed by atoms with E-state index in [4.69, 9.17) is 14.2 Å². The fourth-order valence-electron chi connectivity index (χ4n) is 3.90. The minimum atomic E-state index is -0.426. The third kappa shape index (κ3) is 4.32. The number of rotatable bonds is 8. The Labute approximate surface area is 198 Å². The van der Waals surface area contributed by atoms with Crippen molar-refractivity contribution in [3.8, 4) is 17.2 Å². The topological polar surface area (TPSA) is 77.1 Å². The molecule has 7 nitrogen and oxygen atoms in total. The maximum absolute atomic E-state index is 13.6. The van der Waals surface area contributed by atoms with Gasteiger partial charge in [0.15, 0.2) is 0 Å². The van der Waals surface area contributed by atoms with Crippen LogP contribution in [-0.4, -0.2) is 38.0 Å². The SMILES string of the molecule is COc1ccc(CN2C(=O)C(Nc3cc(C)ccc3OC)=C(c3ccccc3OC)C2=O)cc1. The molecule has 0 atom stereocenters. The van der Waals surface area contributed by atoms with Gasteiger partial charge >= 0.3 is 0 Å². The maximum Gasteiger partial charge on any atom is 0.278 e. The van der Waals surface area contributed by atoms with Crippen LogP contribution in [0.25, 0.3) is 5.57 Å². The Kier molecular flexibility index (Phi) is 6.54. The molecule has 1 heterocycles. The highest BCUT2D eigenvalue weighted by molar-refractivity contribution is 6.37. The molecule has 3 aromatic rings. The van der Waals surface area contributed by atoms with Crippen LogP contribution >= 0.6 is 0 Å². The number of hydrogen-bond acceptors (Lipinski definition) is 6. The van der Waals surface area contributed by atoms with Gasteiger partial charge in [0.25, 0.3) is 11.8 Å². The highest BCUT2D eigenvalue weighted by Gasteiger charge is 2.40. The van der Waals surface area contributed by atoms with Gasteiger partial charge in [0.1, 0.15) is 22.9 Å². The van der Waals surface area contributed by atoms with E-state index in [-0.39, 0.29) is 17.8 Å². The van der Waals surface area contributed by atoms with Crippen LogP contribution in [0.15, 0.2) is 72.4 Å². The van der Waals surface area contributed by atoms with Crippen molar-refractivity contribution >= 4 is 23.1 Å². The Morgan fingerprint density at radius 3 is 2.18 bits per heavy atom. The van der Waals surface area contributed by atoms with Crippen LogP contribution in [0.5, 0.6) is 17.2 Å². The quantitative estimate of drug-likeness (QED) is 0.504. The van der Waals surface area contributed by atoms with Crippen LogP contribution in [-0.2, 0) is 16.1 Å². The summed E-state index contributed by atoms with van der Waals surface area (Å²) in [7, 11) is 4.68. The van der Waals surface area contributed by atoms with Gasteiger partial charge in [-0.2, -0.15) is 0 Å². The molecule has 0 spiro atoms. The van der Waals surface area contributed by atoms with Crippen molar-refractivity contribution in [2.45, 2.75) is 13.5 Å². The number of nitrogens with one attached hydrogen (secondary N) is 1. The number of para-hydroxylation sites is 1. The molecule has 3 aromatic carbocycles. The second kappa shape index (κ2) is 9.70. The van der Waals surface area contributed by atoms with Crippen LogP contribution < -0.4 is 19.5 Å². The van der Waals surface area contributed by atoms with Crippen molar-refractivity contribution in [1.82, 2.24) is 4.90 Å². The van der Waals surface area contributed by atoms with Crippen molar-refractivity contribution in [3.63, 3.8) is 0 Å². The molecule has 0 fully saturated rings. The normalized spacial score (nSPS) is 13.4. The Morgan fingerprint density at radius 2 is 1.50 bits per heavy atom. The summed E-state index contributed by atoms with van der Waals surface area (Å²) < 4.78 is 16.2. The summed E-state index contributed by atoms with van der Waals surface area (Å²) in [5, 5.41) is 3.18. The van der Waals surface area contributed by atoms with Gasteiger partial charge in [0.2, 0.25) is 0 Å². The average Bonchev–Trinajstić information content (AvgIpc) is 3.08. The number of aryl methyl sites for hydroxylation is 1. The predicted molar refractivity (Wildman–Crippen MR) is 130 cm³/mol. The predicted octanol–water partition coefficient (Wildman–Crippen LogP) is 4.41. The molecular weight excluding hydrogens is 432 g/mol. The number of anilines is 1. The van der Waals surface area contributed by atoms with E-state index < -0.39 is 11.8 Å². The lowest BCUT2D eigenvalue weighted by Crippen LogP contribution is -2.32. The minimum Gasteiger partial charge on any atom is -0.497 e. The van der Waals surface area contributed by atoms with E-state index in [1.54, 1.807) is 44.6 Å². The van der Waals surface area contributed by atoms with Crippen molar-refractivity contribution in [2.24, 2.45) is 0 Å². The number of imide groups is 1. The number of methoxy groups -OCH3 is 3. The van der Waals surface area contributed by atoms with Gasteiger partial charge in [-0.05, 0) is 48.4 Å². The van der Waals surface area contributed by atoms with Crippen LogP contribution in [0, 0.1) is 6.92 Å². The monoisotopic (exact) mass is 458 g/mol. The first-order chi connectivity index (χ1) is 16.5. The largest absolute Gasteiger partial charge is 0.497 e. The number of amides is 2. The number of hydrogen-bond donors (Lipinski definition) is 1. The van der Waals surface area contributed by atoms with Gasteiger partial charge in [-0.25, -0.2) is 0 Å². The molecular formula is C27H26N2O5. The van der Waals surface area contributed by atoms with E-state index in [9.17, 15) is 9.59 Å². The number of benzene rings is 3. The van der Waals surface area contributed by atoms with Gasteiger partial charge in [-0.1, -0.05) is 36.4 Å². The van der Waals surface area contributed by atoms with Crippen molar-refractivity contribution in [3.05, 3.63) is 89.1 Å². The second-order valence-corrected chi connectivity index (χ2v) is 7.82. The summed E-state index contributed by atoms with van der Waals surface area (Å²) in [6.45, 7) is 2.06. The van der Waals surface area contributed by atoms with Crippen molar-refractivity contribution in [2.75, 3.05) is 26.6 Å². The molecule has 0 unspecified atom stereocenters. The summed E-state index contributed by atoms with van der Waals surface area (Å²) in [5.74, 6) is 0.932. The lowest BCUT2D eigenvalue weighted by Gasteiger charge is -2.16. The van der Waals surface area contributed by atoms with E-state index in [1.807, 2.05) is 43.3 Å². The number of carbonyl (C=O) groups excluding carboxylic acids is 2. The van der Waals surface area contributed by atoms with E-state index in [1.165, 1.54) is 12.0 Å². The standard InChI is InChI=1S/C27H26N2O5/c1-17-9-14-23(34-4)21(15-17)28-25-24(20-7-5-6-8-22(20)33-3)26(30)29(27(25)31)16-18-10-12-19(32-2)13-11-18/h5-15,28H,16H2,1-4H3. The lowest BCUT2D eigenvalue weighted by atomic mass is 10.0. The molecule has 0 radical (unpaired) electrons. The molecule has 0 saturated heterocycles. The Bertz CT molecular complexity index is 1260. The van der Waals surface area contributed by atoms with E-state index in [0.29, 0.717) is 28.5 Å². The molecule has 1 aliphatic heterocycles. The Balaban J connectivity index is 1.79. The third-order valence-corrected chi connectivity index (χ3v) is 5.66. The second-order valence-electron chi connectivity index (χ2n) is 7.82. The van der Waals surface area contributed by atoms with Gasteiger partial charge in [-0.15, -0.1) is 0 Å². The Morgan fingerprint density at radius 1 is 0.794 bits per heavy atom. The molecule has 174 valence electrons. The van der Waals surface area contributed by atoms with Gasteiger partial charge < -0.3 is 19.5 Å². The zero-order valence-corrected chi connectivity index (χ0v) is 19.5. The number of carbonyl (C=O) groups is 2. The summed E-state index contributed by atoms with van der Waals surface area (Å²) in [5.41, 5.74) is 3.34. The van der Waals surface area contributed by atoms with E-state index in [2.05, 4.69) is 5.32 Å². The van der Waals surface area contributed by atoms with Gasteiger partial charge in [-0.3, -0.25) is 14.5 Å². The lowest BCUT2D eigenvalue weighted by molar-refractivity contribution is -0.137. The first kappa shape index (κ1) is 22.9. The molecule has 4 rings (SSSR count). The van der Waals surface area contributed by atoms with Crippen LogP contribution in [0.3, 0.4) is 0 Å². The fraction of sp³-hybridized carbons (Fsp3) is 0.185. The first-order valence-electron chi connectivity index (χ1n) is 10.7. The maximum atomic E-state index is 13.6. The molecule has 0 aliphatic carbocycles. The molecule has 2 amide bonds. The smallest absolute Gasteiger partial charge is 0.278 e. The van der Waals surface area contributed by atoms with Crippen molar-refractivity contribution in [1.29, 1.82) is 0 Å². The average molecular weight is 459 g/mol. The minimum absolute atomic E-state index is 0.121. The Hall–Kier alpha value is -4.26. The summed E-state index contributed by atoms with van der Waals surface area (Å²) in [6.07, 6.45) is 0.